The van der Waals surface area contributed by atoms with Crippen LogP contribution in [0.3, 0.4) is 0 Å². The van der Waals surface area contributed by atoms with Crippen LogP contribution in [0.4, 0.5) is 11.6 Å². The third-order valence-electron chi connectivity index (χ3n) is 3.65. The summed E-state index contributed by atoms with van der Waals surface area (Å²) in [7, 11) is -3.72. The Balaban J connectivity index is 1.80. The molecular weight excluding hydrogens is 304 g/mol. The number of hydrogen-bond acceptors (Lipinski definition) is 6. The first-order chi connectivity index (χ1) is 10.5. The quantitative estimate of drug-likeness (QED) is 0.877. The smallest absolute Gasteiger partial charge is 0.266 e. The van der Waals surface area contributed by atoms with Crippen molar-refractivity contribution >= 4 is 21.7 Å². The van der Waals surface area contributed by atoms with Crippen LogP contribution < -0.4 is 9.62 Å². The van der Waals surface area contributed by atoms with E-state index in [1.807, 2.05) is 0 Å². The van der Waals surface area contributed by atoms with Crippen molar-refractivity contribution in [2.75, 3.05) is 22.7 Å². The van der Waals surface area contributed by atoms with Gasteiger partial charge in [0.2, 0.25) is 0 Å². The van der Waals surface area contributed by atoms with Gasteiger partial charge in [-0.3, -0.25) is 9.82 Å². The van der Waals surface area contributed by atoms with E-state index < -0.39 is 10.0 Å². The number of nitrogens with zero attached hydrogens (tertiary/aromatic N) is 4. The molecule has 0 atom stereocenters. The maximum Gasteiger partial charge on any atom is 0.266 e. The lowest BCUT2D eigenvalue weighted by atomic mass is 10.4. The van der Waals surface area contributed by atoms with Crippen LogP contribution in [0.15, 0.2) is 17.0 Å². The Bertz CT molecular complexity index is 743. The molecule has 118 valence electrons. The number of anilines is 2. The number of aromatic amines is 1. The molecule has 0 radical (unpaired) electrons. The highest BCUT2D eigenvalue weighted by Gasteiger charge is 2.23. The number of aryl methyl sites for hydroxylation is 2. The summed E-state index contributed by atoms with van der Waals surface area (Å²) in [6, 6.07) is 3.41. The van der Waals surface area contributed by atoms with Crippen molar-refractivity contribution in [3.8, 4) is 0 Å². The average Bonchev–Trinajstić information content (AvgIpc) is 3.09. The van der Waals surface area contributed by atoms with E-state index in [2.05, 4.69) is 30.0 Å². The zero-order chi connectivity index (χ0) is 15.7. The molecular formula is C13H18N6O2S. The second-order valence-electron chi connectivity index (χ2n) is 5.34. The molecule has 1 fully saturated rings. The van der Waals surface area contributed by atoms with E-state index in [0.717, 1.165) is 31.7 Å². The Morgan fingerprint density at radius 2 is 1.91 bits per heavy atom. The van der Waals surface area contributed by atoms with Crippen LogP contribution in [0.1, 0.15) is 24.2 Å². The predicted molar refractivity (Wildman–Crippen MR) is 82.3 cm³/mol. The van der Waals surface area contributed by atoms with Crippen molar-refractivity contribution < 1.29 is 8.42 Å². The van der Waals surface area contributed by atoms with Crippen LogP contribution in [-0.2, 0) is 10.0 Å². The van der Waals surface area contributed by atoms with Gasteiger partial charge in [-0.1, -0.05) is 0 Å². The number of nitrogens with one attached hydrogen (secondary N) is 2. The molecule has 0 bridgehead atoms. The second-order valence-corrected chi connectivity index (χ2v) is 6.96. The maximum atomic E-state index is 12.4. The van der Waals surface area contributed by atoms with Gasteiger partial charge in [0, 0.05) is 13.1 Å². The Morgan fingerprint density at radius 1 is 1.18 bits per heavy atom. The summed E-state index contributed by atoms with van der Waals surface area (Å²) in [5.41, 5.74) is 0.915. The first-order valence-electron chi connectivity index (χ1n) is 7.10. The van der Waals surface area contributed by atoms with Gasteiger partial charge in [0.05, 0.1) is 11.4 Å². The van der Waals surface area contributed by atoms with Crippen molar-refractivity contribution in [2.24, 2.45) is 0 Å². The number of sulfonamides is 1. The summed E-state index contributed by atoms with van der Waals surface area (Å²) in [5.74, 6) is 0.971. The van der Waals surface area contributed by atoms with Gasteiger partial charge in [-0.15, -0.1) is 10.2 Å². The standard InChI is InChI=1S/C13H18N6O2S/c1-9-13(10(2)15-14-9)22(20,21)18-11-5-6-12(17-16-11)19-7-3-4-8-19/h5-6H,3-4,7-8H2,1-2H3,(H,14,15)(H,16,18). The lowest BCUT2D eigenvalue weighted by molar-refractivity contribution is 0.600. The number of rotatable bonds is 4. The van der Waals surface area contributed by atoms with E-state index in [1.54, 1.807) is 26.0 Å². The summed E-state index contributed by atoms with van der Waals surface area (Å²) in [6.45, 7) is 5.23. The van der Waals surface area contributed by atoms with Gasteiger partial charge in [0.15, 0.2) is 11.6 Å². The van der Waals surface area contributed by atoms with Crippen molar-refractivity contribution in [2.45, 2.75) is 31.6 Å². The maximum absolute atomic E-state index is 12.4. The van der Waals surface area contributed by atoms with Crippen molar-refractivity contribution in [3.63, 3.8) is 0 Å². The zero-order valence-corrected chi connectivity index (χ0v) is 13.3. The van der Waals surface area contributed by atoms with Gasteiger partial charge < -0.3 is 4.90 Å². The Morgan fingerprint density at radius 3 is 2.45 bits per heavy atom. The number of hydrogen-bond donors (Lipinski definition) is 2. The van der Waals surface area contributed by atoms with Crippen LogP contribution in [0, 0.1) is 13.8 Å². The molecule has 2 aromatic rings. The molecule has 1 aliphatic rings. The summed E-state index contributed by atoms with van der Waals surface area (Å²) in [6.07, 6.45) is 2.30. The van der Waals surface area contributed by atoms with E-state index in [-0.39, 0.29) is 10.7 Å². The molecule has 0 saturated carbocycles. The third-order valence-corrected chi connectivity index (χ3v) is 5.27. The fourth-order valence-electron chi connectivity index (χ4n) is 2.62. The minimum Gasteiger partial charge on any atom is -0.355 e. The summed E-state index contributed by atoms with van der Waals surface area (Å²) in [5, 5.41) is 14.6. The molecule has 8 nitrogen and oxygen atoms in total. The normalized spacial score (nSPS) is 15.3. The Hall–Kier alpha value is -2.16. The summed E-state index contributed by atoms with van der Waals surface area (Å²) in [4.78, 5) is 2.29. The molecule has 9 heteroatoms. The van der Waals surface area contributed by atoms with E-state index >= 15 is 0 Å². The topological polar surface area (TPSA) is 104 Å². The van der Waals surface area contributed by atoms with Gasteiger partial charge in [0.1, 0.15) is 4.90 Å². The zero-order valence-electron chi connectivity index (χ0n) is 12.5. The molecule has 1 aliphatic heterocycles. The molecule has 22 heavy (non-hydrogen) atoms. The molecule has 0 spiro atoms. The largest absolute Gasteiger partial charge is 0.355 e. The number of H-pyrrole nitrogens is 1. The highest BCUT2D eigenvalue weighted by Crippen LogP contribution is 2.21. The van der Waals surface area contributed by atoms with Gasteiger partial charge in [0.25, 0.3) is 10.0 Å². The van der Waals surface area contributed by atoms with Crippen molar-refractivity contribution in [1.82, 2.24) is 20.4 Å². The first-order valence-corrected chi connectivity index (χ1v) is 8.59. The highest BCUT2D eigenvalue weighted by atomic mass is 32.2. The third kappa shape index (κ3) is 2.76. The predicted octanol–water partition coefficient (Wildman–Crippen LogP) is 1.22. The monoisotopic (exact) mass is 322 g/mol. The van der Waals surface area contributed by atoms with Gasteiger partial charge in [-0.25, -0.2) is 8.42 Å². The average molecular weight is 322 g/mol. The Kier molecular flexibility index (Phi) is 3.73. The fraction of sp³-hybridized carbons (Fsp3) is 0.462. The van der Waals surface area contributed by atoms with Crippen LogP contribution in [0.2, 0.25) is 0 Å². The van der Waals surface area contributed by atoms with Gasteiger partial charge in [-0.05, 0) is 38.8 Å². The molecule has 3 heterocycles. The number of aromatic nitrogens is 4. The molecule has 0 aromatic carbocycles. The fourth-order valence-corrected chi connectivity index (χ4v) is 3.99. The van der Waals surface area contributed by atoms with Crippen LogP contribution in [0.25, 0.3) is 0 Å². The van der Waals surface area contributed by atoms with Crippen molar-refractivity contribution in [3.05, 3.63) is 23.5 Å². The van der Waals surface area contributed by atoms with Crippen LogP contribution in [0.5, 0.6) is 0 Å². The SMILES string of the molecule is Cc1n[nH]c(C)c1S(=O)(=O)Nc1ccc(N2CCCC2)nn1. The first kappa shape index (κ1) is 14.8. The van der Waals surface area contributed by atoms with Crippen LogP contribution in [-0.4, -0.2) is 41.9 Å². The van der Waals surface area contributed by atoms with Gasteiger partial charge >= 0.3 is 0 Å². The molecule has 0 unspecified atom stereocenters. The highest BCUT2D eigenvalue weighted by molar-refractivity contribution is 7.92. The van der Waals surface area contributed by atoms with E-state index in [1.165, 1.54) is 0 Å². The lowest BCUT2D eigenvalue weighted by Crippen LogP contribution is -2.20. The van der Waals surface area contributed by atoms with E-state index in [9.17, 15) is 8.42 Å². The second kappa shape index (κ2) is 5.56. The van der Waals surface area contributed by atoms with Gasteiger partial charge in [-0.2, -0.15) is 5.10 Å². The van der Waals surface area contributed by atoms with Crippen LogP contribution >= 0.6 is 0 Å². The molecule has 0 amide bonds. The van der Waals surface area contributed by atoms with E-state index in [4.69, 9.17) is 0 Å². The molecule has 2 N–H and O–H groups in total. The summed E-state index contributed by atoms with van der Waals surface area (Å²) < 4.78 is 27.2. The lowest BCUT2D eigenvalue weighted by Gasteiger charge is -2.15. The molecule has 1 saturated heterocycles. The minimum absolute atomic E-state index is 0.151. The molecule has 2 aromatic heterocycles. The van der Waals surface area contributed by atoms with Crippen molar-refractivity contribution in [1.29, 1.82) is 0 Å². The molecule has 0 aliphatic carbocycles. The molecule has 3 rings (SSSR count). The Labute approximate surface area is 129 Å². The minimum atomic E-state index is -3.72. The van der Waals surface area contributed by atoms with E-state index in [0.29, 0.717) is 11.4 Å². The summed E-state index contributed by atoms with van der Waals surface area (Å²) >= 11 is 0.